The Kier molecular flexibility index (Phi) is 4.52. The summed E-state index contributed by atoms with van der Waals surface area (Å²) in [4.78, 5) is 12.9. The molecule has 2 heterocycles. The number of nitrogens with one attached hydrogen (secondary N) is 2. The second kappa shape index (κ2) is 6.33. The number of ether oxygens (including phenoxy) is 1. The van der Waals surface area contributed by atoms with Gasteiger partial charge in [0, 0.05) is 20.2 Å². The van der Waals surface area contributed by atoms with E-state index in [2.05, 4.69) is 25.6 Å². The maximum absolute atomic E-state index is 5.49. The first-order valence-electron chi connectivity index (χ1n) is 6.36. The summed E-state index contributed by atoms with van der Waals surface area (Å²) in [5, 5.41) is 6.24. The highest BCUT2D eigenvalue weighted by molar-refractivity contribution is 5.47. The van der Waals surface area contributed by atoms with Gasteiger partial charge in [-0.3, -0.25) is 0 Å². The van der Waals surface area contributed by atoms with Crippen molar-refractivity contribution in [1.29, 1.82) is 0 Å². The molecule has 2 N–H and O–H groups in total. The van der Waals surface area contributed by atoms with Gasteiger partial charge in [0.05, 0.1) is 6.20 Å². The van der Waals surface area contributed by atoms with Gasteiger partial charge < -0.3 is 19.8 Å². The molecule has 0 saturated carbocycles. The highest BCUT2D eigenvalue weighted by Crippen LogP contribution is 2.19. The first-order valence-corrected chi connectivity index (χ1v) is 6.36. The lowest BCUT2D eigenvalue weighted by atomic mass is 10.3. The number of oxazole rings is 1. The third-order valence-electron chi connectivity index (χ3n) is 2.68. The van der Waals surface area contributed by atoms with Crippen LogP contribution in [0.3, 0.4) is 0 Å². The summed E-state index contributed by atoms with van der Waals surface area (Å²) in [7, 11) is 3.42. The molecule has 0 radical (unpaired) electrons. The van der Waals surface area contributed by atoms with Gasteiger partial charge in [-0.2, -0.15) is 0 Å². The van der Waals surface area contributed by atoms with Crippen LogP contribution in [0.1, 0.15) is 30.4 Å². The number of rotatable bonds is 6. The normalized spacial score (nSPS) is 12.2. The van der Waals surface area contributed by atoms with E-state index >= 15 is 0 Å². The molecule has 0 aliphatic heterocycles. The van der Waals surface area contributed by atoms with Gasteiger partial charge in [0.15, 0.2) is 5.82 Å². The van der Waals surface area contributed by atoms with Crippen LogP contribution in [-0.4, -0.2) is 29.1 Å². The average molecular weight is 277 g/mol. The Bertz CT molecular complexity index is 570. The summed E-state index contributed by atoms with van der Waals surface area (Å²) in [5.41, 5.74) is 0. The zero-order chi connectivity index (χ0) is 14.5. The molecule has 0 aromatic carbocycles. The number of hydrogen-bond donors (Lipinski definition) is 2. The van der Waals surface area contributed by atoms with Gasteiger partial charge in [0.25, 0.3) is 0 Å². The molecule has 7 nitrogen and oxygen atoms in total. The van der Waals surface area contributed by atoms with Crippen molar-refractivity contribution in [3.63, 3.8) is 0 Å². The van der Waals surface area contributed by atoms with Gasteiger partial charge in [-0.1, -0.05) is 0 Å². The van der Waals surface area contributed by atoms with Crippen LogP contribution < -0.4 is 10.6 Å². The molecule has 0 spiro atoms. The Balaban J connectivity index is 2.17. The molecule has 0 amide bonds. The highest BCUT2D eigenvalue weighted by atomic mass is 16.5. The van der Waals surface area contributed by atoms with E-state index in [1.54, 1.807) is 13.3 Å². The van der Waals surface area contributed by atoms with Gasteiger partial charge in [-0.25, -0.2) is 15.0 Å². The smallest absolute Gasteiger partial charge is 0.216 e. The van der Waals surface area contributed by atoms with Crippen molar-refractivity contribution < 1.29 is 9.15 Å². The van der Waals surface area contributed by atoms with Crippen LogP contribution in [0.25, 0.3) is 0 Å². The third-order valence-corrected chi connectivity index (χ3v) is 2.68. The fourth-order valence-electron chi connectivity index (χ4n) is 1.75. The molecular formula is C13H19N5O2. The lowest BCUT2D eigenvalue weighted by molar-refractivity contribution is 0.178. The number of hydrogen-bond acceptors (Lipinski definition) is 7. The molecule has 0 aliphatic rings. The average Bonchev–Trinajstić information content (AvgIpc) is 2.85. The maximum Gasteiger partial charge on any atom is 0.216 e. The molecule has 108 valence electrons. The van der Waals surface area contributed by atoms with E-state index in [0.29, 0.717) is 24.1 Å². The summed E-state index contributed by atoms with van der Waals surface area (Å²) in [6, 6.07) is 1.74. The number of anilines is 2. The molecule has 0 aliphatic carbocycles. The largest absolute Gasteiger partial charge is 0.444 e. The maximum atomic E-state index is 5.49. The van der Waals surface area contributed by atoms with Gasteiger partial charge in [0.2, 0.25) is 5.89 Å². The van der Waals surface area contributed by atoms with Gasteiger partial charge in [-0.05, 0) is 13.8 Å². The summed E-state index contributed by atoms with van der Waals surface area (Å²) in [6.45, 7) is 4.18. The van der Waals surface area contributed by atoms with Crippen LogP contribution >= 0.6 is 0 Å². The van der Waals surface area contributed by atoms with Crippen LogP contribution in [0.15, 0.2) is 16.7 Å². The van der Waals surface area contributed by atoms with Gasteiger partial charge in [-0.15, -0.1) is 0 Å². The number of aromatic nitrogens is 3. The first-order chi connectivity index (χ1) is 9.62. The van der Waals surface area contributed by atoms with Gasteiger partial charge >= 0.3 is 0 Å². The second-order valence-electron chi connectivity index (χ2n) is 4.41. The Hall–Kier alpha value is -2.15. The van der Waals surface area contributed by atoms with E-state index < -0.39 is 0 Å². The van der Waals surface area contributed by atoms with Crippen molar-refractivity contribution in [2.75, 3.05) is 24.8 Å². The van der Waals surface area contributed by atoms with Crippen molar-refractivity contribution >= 4 is 11.6 Å². The van der Waals surface area contributed by atoms with Crippen molar-refractivity contribution in [3.05, 3.63) is 29.7 Å². The Morgan fingerprint density at radius 1 is 1.35 bits per heavy atom. The molecule has 1 unspecified atom stereocenters. The lowest BCUT2D eigenvalue weighted by Crippen LogP contribution is -2.11. The SMILES string of the molecule is CNc1cc(NC(C)c2ncc(C)o2)nc(COC)n1. The molecule has 2 rings (SSSR count). The number of methoxy groups -OCH3 is 1. The lowest BCUT2D eigenvalue weighted by Gasteiger charge is -2.13. The molecule has 0 bridgehead atoms. The molecule has 0 saturated heterocycles. The summed E-state index contributed by atoms with van der Waals surface area (Å²) >= 11 is 0. The molecule has 1 atom stereocenters. The fourth-order valence-corrected chi connectivity index (χ4v) is 1.75. The monoisotopic (exact) mass is 277 g/mol. The van der Waals surface area contributed by atoms with E-state index in [1.165, 1.54) is 0 Å². The molecule has 20 heavy (non-hydrogen) atoms. The van der Waals surface area contributed by atoms with Crippen molar-refractivity contribution in [3.8, 4) is 0 Å². The highest BCUT2D eigenvalue weighted by Gasteiger charge is 2.13. The van der Waals surface area contributed by atoms with Crippen LogP contribution in [0.2, 0.25) is 0 Å². The zero-order valence-corrected chi connectivity index (χ0v) is 12.1. The Morgan fingerprint density at radius 3 is 2.70 bits per heavy atom. The summed E-state index contributed by atoms with van der Waals surface area (Å²) < 4.78 is 10.6. The fraction of sp³-hybridized carbons (Fsp3) is 0.462. The standard InChI is InChI=1S/C13H19N5O2/c1-8-6-15-13(20-8)9(2)16-11-5-10(14-3)17-12(18-11)7-19-4/h5-6,9H,7H2,1-4H3,(H2,14,16,17,18). The molecular weight excluding hydrogens is 258 g/mol. The predicted octanol–water partition coefficient (Wildman–Crippen LogP) is 2.13. The second-order valence-corrected chi connectivity index (χ2v) is 4.41. The predicted molar refractivity (Wildman–Crippen MR) is 75.6 cm³/mol. The van der Waals surface area contributed by atoms with Crippen LogP contribution in [0.5, 0.6) is 0 Å². The number of aryl methyl sites for hydroxylation is 1. The Morgan fingerprint density at radius 2 is 2.10 bits per heavy atom. The van der Waals surface area contributed by atoms with E-state index in [4.69, 9.17) is 9.15 Å². The van der Waals surface area contributed by atoms with Crippen LogP contribution in [0.4, 0.5) is 11.6 Å². The van der Waals surface area contributed by atoms with Crippen molar-refractivity contribution in [1.82, 2.24) is 15.0 Å². The van der Waals surface area contributed by atoms with E-state index in [1.807, 2.05) is 27.0 Å². The number of nitrogens with zero attached hydrogens (tertiary/aromatic N) is 3. The molecule has 2 aromatic rings. The van der Waals surface area contributed by atoms with Crippen molar-refractivity contribution in [2.24, 2.45) is 0 Å². The Labute approximate surface area is 117 Å². The molecule has 0 fully saturated rings. The van der Waals surface area contributed by atoms with Crippen LogP contribution in [0, 0.1) is 6.92 Å². The van der Waals surface area contributed by atoms with Crippen molar-refractivity contribution in [2.45, 2.75) is 26.5 Å². The quantitative estimate of drug-likeness (QED) is 0.836. The topological polar surface area (TPSA) is 85.1 Å². The summed E-state index contributed by atoms with van der Waals surface area (Å²) in [6.07, 6.45) is 1.70. The van der Waals surface area contributed by atoms with E-state index in [0.717, 1.165) is 11.6 Å². The first kappa shape index (κ1) is 14.3. The van der Waals surface area contributed by atoms with Crippen LogP contribution in [-0.2, 0) is 11.3 Å². The zero-order valence-electron chi connectivity index (χ0n) is 12.1. The minimum absolute atomic E-state index is 0.0845. The third kappa shape index (κ3) is 3.45. The van der Waals surface area contributed by atoms with Gasteiger partial charge in [0.1, 0.15) is 30.0 Å². The minimum atomic E-state index is -0.0845. The molecule has 7 heteroatoms. The summed E-state index contributed by atoms with van der Waals surface area (Å²) in [5.74, 6) is 3.44. The molecule has 2 aromatic heterocycles. The minimum Gasteiger partial charge on any atom is -0.444 e. The van der Waals surface area contributed by atoms with E-state index in [9.17, 15) is 0 Å². The van der Waals surface area contributed by atoms with E-state index in [-0.39, 0.29) is 6.04 Å².